The fourth-order valence-electron chi connectivity index (χ4n) is 1.49. The van der Waals surface area contributed by atoms with E-state index < -0.39 is 17.8 Å². The zero-order valence-electron chi connectivity index (χ0n) is 10.7. The van der Waals surface area contributed by atoms with Crippen molar-refractivity contribution in [3.8, 4) is 0 Å². The lowest BCUT2D eigenvalue weighted by Gasteiger charge is -2.20. The van der Waals surface area contributed by atoms with Crippen molar-refractivity contribution < 1.29 is 14.7 Å². The Labute approximate surface area is 110 Å². The SMILES string of the molecule is CCC(NC(=O)C(C)C(C)C(=O)O)c1nccs1. The van der Waals surface area contributed by atoms with Crippen LogP contribution in [0.1, 0.15) is 38.2 Å². The molecular formula is C12H18N2O3S. The second kappa shape index (κ2) is 6.49. The van der Waals surface area contributed by atoms with Gasteiger partial charge in [0.1, 0.15) is 5.01 Å². The molecule has 0 bridgehead atoms. The summed E-state index contributed by atoms with van der Waals surface area (Å²) < 4.78 is 0. The van der Waals surface area contributed by atoms with Crippen molar-refractivity contribution in [1.82, 2.24) is 10.3 Å². The van der Waals surface area contributed by atoms with Crippen molar-refractivity contribution in [1.29, 1.82) is 0 Å². The lowest BCUT2D eigenvalue weighted by Crippen LogP contribution is -2.37. The number of rotatable bonds is 6. The Hall–Kier alpha value is -1.43. The standard InChI is InChI=1S/C12H18N2O3S/c1-4-9(11-13-5-6-18-11)14-10(15)7(2)8(3)12(16)17/h5-9H,4H2,1-3H3,(H,14,15)(H,16,17). The minimum atomic E-state index is -0.958. The second-order valence-electron chi connectivity index (χ2n) is 4.26. The molecule has 0 aromatic carbocycles. The van der Waals surface area contributed by atoms with E-state index in [1.54, 1.807) is 13.1 Å². The summed E-state index contributed by atoms with van der Waals surface area (Å²) in [5.41, 5.74) is 0. The van der Waals surface area contributed by atoms with Gasteiger partial charge in [-0.1, -0.05) is 20.8 Å². The minimum Gasteiger partial charge on any atom is -0.481 e. The number of nitrogens with zero attached hydrogens (tertiary/aromatic N) is 1. The van der Waals surface area contributed by atoms with E-state index in [2.05, 4.69) is 10.3 Å². The molecule has 3 unspecified atom stereocenters. The molecule has 0 aliphatic rings. The van der Waals surface area contributed by atoms with Crippen molar-refractivity contribution in [2.75, 3.05) is 0 Å². The molecule has 1 heterocycles. The van der Waals surface area contributed by atoms with Gasteiger partial charge in [0, 0.05) is 17.5 Å². The zero-order chi connectivity index (χ0) is 13.7. The lowest BCUT2D eigenvalue weighted by molar-refractivity contribution is -0.146. The van der Waals surface area contributed by atoms with Gasteiger partial charge < -0.3 is 10.4 Å². The van der Waals surface area contributed by atoms with Gasteiger partial charge in [0.25, 0.3) is 0 Å². The fourth-order valence-corrected chi connectivity index (χ4v) is 2.26. The number of carboxylic acid groups (broad SMARTS) is 1. The van der Waals surface area contributed by atoms with Crippen molar-refractivity contribution in [3.05, 3.63) is 16.6 Å². The predicted octanol–water partition coefficient (Wildman–Crippen LogP) is 2.07. The van der Waals surface area contributed by atoms with Crippen LogP contribution in [-0.2, 0) is 9.59 Å². The van der Waals surface area contributed by atoms with Crippen LogP contribution < -0.4 is 5.32 Å². The van der Waals surface area contributed by atoms with E-state index in [-0.39, 0.29) is 11.9 Å². The van der Waals surface area contributed by atoms with Crippen molar-refractivity contribution in [2.45, 2.75) is 33.2 Å². The van der Waals surface area contributed by atoms with Gasteiger partial charge in [-0.05, 0) is 6.42 Å². The van der Waals surface area contributed by atoms with Crippen LogP contribution in [0.2, 0.25) is 0 Å². The minimum absolute atomic E-state index is 0.138. The van der Waals surface area contributed by atoms with E-state index in [4.69, 9.17) is 5.11 Å². The van der Waals surface area contributed by atoms with Gasteiger partial charge in [-0.15, -0.1) is 11.3 Å². The maximum atomic E-state index is 12.0. The maximum Gasteiger partial charge on any atom is 0.307 e. The van der Waals surface area contributed by atoms with Crippen LogP contribution in [0, 0.1) is 11.8 Å². The number of hydrogen-bond acceptors (Lipinski definition) is 4. The first-order chi connectivity index (χ1) is 8.47. The molecule has 0 aliphatic heterocycles. The molecule has 0 fully saturated rings. The van der Waals surface area contributed by atoms with E-state index >= 15 is 0 Å². The summed E-state index contributed by atoms with van der Waals surface area (Å²) in [5.74, 6) is -2.46. The summed E-state index contributed by atoms with van der Waals surface area (Å²) in [5, 5.41) is 14.4. The molecule has 0 spiro atoms. The normalized spacial score (nSPS) is 15.7. The summed E-state index contributed by atoms with van der Waals surface area (Å²) in [7, 11) is 0. The number of thiazole rings is 1. The molecule has 2 N–H and O–H groups in total. The van der Waals surface area contributed by atoms with Gasteiger partial charge >= 0.3 is 5.97 Å². The predicted molar refractivity (Wildman–Crippen MR) is 69.3 cm³/mol. The van der Waals surface area contributed by atoms with Gasteiger partial charge in [-0.3, -0.25) is 9.59 Å². The first-order valence-corrected chi connectivity index (χ1v) is 6.77. The largest absolute Gasteiger partial charge is 0.481 e. The van der Waals surface area contributed by atoms with Crippen molar-refractivity contribution in [3.63, 3.8) is 0 Å². The van der Waals surface area contributed by atoms with Gasteiger partial charge in [0.2, 0.25) is 5.91 Å². The monoisotopic (exact) mass is 270 g/mol. The maximum absolute atomic E-state index is 12.0. The number of nitrogens with one attached hydrogen (secondary N) is 1. The van der Waals surface area contributed by atoms with Crippen LogP contribution >= 0.6 is 11.3 Å². The molecule has 1 amide bonds. The molecule has 0 aliphatic carbocycles. The molecule has 1 aromatic rings. The van der Waals surface area contributed by atoms with Crippen molar-refractivity contribution in [2.24, 2.45) is 11.8 Å². The van der Waals surface area contributed by atoms with Gasteiger partial charge in [0.05, 0.1) is 12.0 Å². The highest BCUT2D eigenvalue weighted by Gasteiger charge is 2.27. The number of carbonyl (C=O) groups excluding carboxylic acids is 1. The van der Waals surface area contributed by atoms with Crippen LogP contribution in [0.5, 0.6) is 0 Å². The van der Waals surface area contributed by atoms with E-state index in [9.17, 15) is 9.59 Å². The number of aromatic nitrogens is 1. The molecule has 100 valence electrons. The highest BCUT2D eigenvalue weighted by Crippen LogP contribution is 2.20. The molecule has 6 heteroatoms. The third kappa shape index (κ3) is 3.53. The van der Waals surface area contributed by atoms with Crippen LogP contribution in [-0.4, -0.2) is 22.0 Å². The smallest absolute Gasteiger partial charge is 0.307 e. The number of carboxylic acids is 1. The summed E-state index contributed by atoms with van der Waals surface area (Å²) in [6, 6.07) is -0.138. The second-order valence-corrected chi connectivity index (χ2v) is 5.18. The molecule has 0 saturated carbocycles. The lowest BCUT2D eigenvalue weighted by atomic mass is 9.95. The van der Waals surface area contributed by atoms with Crippen molar-refractivity contribution >= 4 is 23.2 Å². The highest BCUT2D eigenvalue weighted by atomic mass is 32.1. The Kier molecular flexibility index (Phi) is 5.27. The molecule has 18 heavy (non-hydrogen) atoms. The third-order valence-electron chi connectivity index (χ3n) is 3.03. The molecule has 0 radical (unpaired) electrons. The Morgan fingerprint density at radius 2 is 2.11 bits per heavy atom. The van der Waals surface area contributed by atoms with E-state index in [0.717, 1.165) is 11.4 Å². The third-order valence-corrected chi connectivity index (χ3v) is 3.92. The average Bonchev–Trinajstić information content (AvgIpc) is 2.87. The van der Waals surface area contributed by atoms with Crippen LogP contribution in [0.4, 0.5) is 0 Å². The highest BCUT2D eigenvalue weighted by molar-refractivity contribution is 7.09. The molecular weight excluding hydrogens is 252 g/mol. The Morgan fingerprint density at radius 3 is 2.56 bits per heavy atom. The summed E-state index contributed by atoms with van der Waals surface area (Å²) >= 11 is 1.48. The van der Waals surface area contributed by atoms with E-state index in [1.165, 1.54) is 18.3 Å². The summed E-state index contributed by atoms with van der Waals surface area (Å²) in [4.78, 5) is 27.0. The molecule has 5 nitrogen and oxygen atoms in total. The Morgan fingerprint density at radius 1 is 1.44 bits per heavy atom. The van der Waals surface area contributed by atoms with Gasteiger partial charge in [-0.2, -0.15) is 0 Å². The van der Waals surface area contributed by atoms with E-state index in [0.29, 0.717) is 0 Å². The van der Waals surface area contributed by atoms with Gasteiger partial charge in [-0.25, -0.2) is 4.98 Å². The fraction of sp³-hybridized carbons (Fsp3) is 0.583. The number of carbonyl (C=O) groups is 2. The molecule has 0 saturated heterocycles. The first kappa shape index (κ1) is 14.6. The molecule has 1 rings (SSSR count). The number of amides is 1. The topological polar surface area (TPSA) is 79.3 Å². The molecule has 3 atom stereocenters. The van der Waals surface area contributed by atoms with E-state index in [1.807, 2.05) is 12.3 Å². The van der Waals surface area contributed by atoms with Crippen LogP contribution in [0.25, 0.3) is 0 Å². The Balaban J connectivity index is 2.65. The van der Waals surface area contributed by atoms with Crippen LogP contribution in [0.3, 0.4) is 0 Å². The Bertz CT molecular complexity index is 405. The number of aliphatic carboxylic acids is 1. The average molecular weight is 270 g/mol. The first-order valence-electron chi connectivity index (χ1n) is 5.89. The quantitative estimate of drug-likeness (QED) is 0.829. The summed E-state index contributed by atoms with van der Waals surface area (Å²) in [6.45, 7) is 5.12. The number of hydrogen-bond donors (Lipinski definition) is 2. The molecule has 1 aromatic heterocycles. The van der Waals surface area contributed by atoms with Gasteiger partial charge in [0.15, 0.2) is 0 Å². The van der Waals surface area contributed by atoms with Crippen LogP contribution in [0.15, 0.2) is 11.6 Å². The zero-order valence-corrected chi connectivity index (χ0v) is 11.5. The summed E-state index contributed by atoms with van der Waals surface area (Å²) in [6.07, 6.45) is 2.42.